The first-order chi connectivity index (χ1) is 8.25. The van der Waals surface area contributed by atoms with E-state index in [4.69, 9.17) is 5.73 Å². The van der Waals surface area contributed by atoms with Crippen LogP contribution in [-0.4, -0.2) is 0 Å². The normalized spacial score (nSPS) is 10.4. The van der Waals surface area contributed by atoms with Crippen LogP contribution in [0.4, 0.5) is 5.69 Å². The lowest BCUT2D eigenvalue weighted by molar-refractivity contribution is 0.951. The maximum atomic E-state index is 5.92. The molecule has 2 aromatic carbocycles. The maximum absolute atomic E-state index is 5.92. The highest BCUT2D eigenvalue weighted by Gasteiger charge is 2.01. The summed E-state index contributed by atoms with van der Waals surface area (Å²) in [5.74, 6) is 0. The summed E-state index contributed by atoms with van der Waals surface area (Å²) in [5, 5.41) is 0. The molecule has 2 N–H and O–H groups in total. The van der Waals surface area contributed by atoms with Gasteiger partial charge in [0.15, 0.2) is 0 Å². The summed E-state index contributed by atoms with van der Waals surface area (Å²) in [6, 6.07) is 16.4. The molecule has 0 aliphatic heterocycles. The zero-order valence-corrected chi connectivity index (χ0v) is 11.2. The number of nitrogen functional groups attached to an aromatic ring is 1. The third-order valence-corrected chi connectivity index (χ3v) is 3.18. The van der Waals surface area contributed by atoms with Crippen molar-refractivity contribution in [3.05, 3.63) is 70.6 Å². The van der Waals surface area contributed by atoms with Crippen LogP contribution < -0.4 is 5.73 Å². The second kappa shape index (κ2) is 5.87. The molecule has 0 aromatic heterocycles. The standard InChI is InChI=1S/C15H15BrN/c16-14-9-10-15(17)13(11-14)8-4-7-12-5-2-1-3-6-12/h1-3,5-6,8-11H,4,7,17H2. The summed E-state index contributed by atoms with van der Waals surface area (Å²) >= 11 is 3.46. The summed E-state index contributed by atoms with van der Waals surface area (Å²) in [5.41, 5.74) is 9.22. The Morgan fingerprint density at radius 2 is 1.82 bits per heavy atom. The molecule has 0 saturated carbocycles. The molecule has 0 atom stereocenters. The molecule has 0 spiro atoms. The van der Waals surface area contributed by atoms with Gasteiger partial charge in [0.05, 0.1) is 0 Å². The molecular weight excluding hydrogens is 274 g/mol. The highest BCUT2D eigenvalue weighted by Crippen LogP contribution is 2.21. The molecule has 2 heteroatoms. The average Bonchev–Trinajstić information content (AvgIpc) is 2.35. The summed E-state index contributed by atoms with van der Waals surface area (Å²) in [4.78, 5) is 0. The van der Waals surface area contributed by atoms with Crippen molar-refractivity contribution in [3.8, 4) is 0 Å². The lowest BCUT2D eigenvalue weighted by atomic mass is 10.0. The third-order valence-electron chi connectivity index (χ3n) is 2.69. The van der Waals surface area contributed by atoms with Crippen molar-refractivity contribution in [2.24, 2.45) is 0 Å². The molecule has 0 bridgehead atoms. The Morgan fingerprint density at radius 3 is 2.59 bits per heavy atom. The zero-order chi connectivity index (χ0) is 12.1. The van der Waals surface area contributed by atoms with E-state index < -0.39 is 0 Å². The Labute approximate surface area is 111 Å². The molecular formula is C15H15BrN. The van der Waals surface area contributed by atoms with Crippen molar-refractivity contribution in [2.75, 3.05) is 5.73 Å². The van der Waals surface area contributed by atoms with Gasteiger partial charge in [-0.2, -0.15) is 0 Å². The molecule has 0 aliphatic carbocycles. The average molecular weight is 289 g/mol. The predicted molar refractivity (Wildman–Crippen MR) is 76.7 cm³/mol. The molecule has 1 nitrogen and oxygen atoms in total. The van der Waals surface area contributed by atoms with Crippen LogP contribution in [0.25, 0.3) is 0 Å². The van der Waals surface area contributed by atoms with Gasteiger partial charge in [-0.15, -0.1) is 0 Å². The van der Waals surface area contributed by atoms with Gasteiger partial charge in [-0.05, 0) is 48.6 Å². The molecule has 87 valence electrons. The van der Waals surface area contributed by atoms with Gasteiger partial charge in [0.2, 0.25) is 0 Å². The summed E-state index contributed by atoms with van der Waals surface area (Å²) in [7, 11) is 0. The number of rotatable bonds is 4. The van der Waals surface area contributed by atoms with Crippen molar-refractivity contribution in [3.63, 3.8) is 0 Å². The van der Waals surface area contributed by atoms with E-state index >= 15 is 0 Å². The topological polar surface area (TPSA) is 26.0 Å². The molecule has 0 unspecified atom stereocenters. The first kappa shape index (κ1) is 12.2. The van der Waals surface area contributed by atoms with Gasteiger partial charge < -0.3 is 5.73 Å². The van der Waals surface area contributed by atoms with Gasteiger partial charge in [0.25, 0.3) is 0 Å². The molecule has 0 amide bonds. The molecule has 2 rings (SSSR count). The zero-order valence-electron chi connectivity index (χ0n) is 9.57. The predicted octanol–water partition coefficient (Wildman–Crippen LogP) is 4.22. The smallest absolute Gasteiger partial charge is 0.0350 e. The minimum Gasteiger partial charge on any atom is -0.398 e. The Hall–Kier alpha value is -1.28. The number of aryl methyl sites for hydroxylation is 1. The van der Waals surface area contributed by atoms with Crippen LogP contribution in [0.3, 0.4) is 0 Å². The van der Waals surface area contributed by atoms with Crippen molar-refractivity contribution < 1.29 is 0 Å². The number of hydrogen-bond acceptors (Lipinski definition) is 1. The van der Waals surface area contributed by atoms with Crippen molar-refractivity contribution in [1.82, 2.24) is 0 Å². The largest absolute Gasteiger partial charge is 0.398 e. The Bertz CT molecular complexity index is 480. The van der Waals surface area contributed by atoms with E-state index in [1.165, 1.54) is 5.56 Å². The van der Waals surface area contributed by atoms with Crippen LogP contribution in [0, 0.1) is 6.42 Å². The van der Waals surface area contributed by atoms with Crippen LogP contribution in [0.2, 0.25) is 0 Å². The highest BCUT2D eigenvalue weighted by molar-refractivity contribution is 9.10. The van der Waals surface area contributed by atoms with Gasteiger partial charge in [-0.25, -0.2) is 0 Å². The monoisotopic (exact) mass is 288 g/mol. The number of anilines is 1. The molecule has 0 heterocycles. The van der Waals surface area contributed by atoms with Crippen LogP contribution in [0.15, 0.2) is 53.0 Å². The fourth-order valence-corrected chi connectivity index (χ4v) is 2.14. The van der Waals surface area contributed by atoms with E-state index in [0.717, 1.165) is 28.6 Å². The summed E-state index contributed by atoms with van der Waals surface area (Å²) in [6.45, 7) is 0. The van der Waals surface area contributed by atoms with Crippen LogP contribution >= 0.6 is 15.9 Å². The lowest BCUT2D eigenvalue weighted by Gasteiger charge is -2.06. The molecule has 0 fully saturated rings. The molecule has 0 aliphatic rings. The molecule has 2 aromatic rings. The molecule has 1 radical (unpaired) electrons. The fraction of sp³-hybridized carbons (Fsp3) is 0.133. The van der Waals surface area contributed by atoms with Crippen LogP contribution in [0.5, 0.6) is 0 Å². The summed E-state index contributed by atoms with van der Waals surface area (Å²) < 4.78 is 1.07. The van der Waals surface area contributed by atoms with Crippen molar-refractivity contribution in [1.29, 1.82) is 0 Å². The SMILES string of the molecule is Nc1ccc(Br)cc1[CH]CCc1ccccc1. The third kappa shape index (κ3) is 3.60. The molecule has 0 saturated heterocycles. The van der Waals surface area contributed by atoms with E-state index in [2.05, 4.69) is 52.7 Å². The minimum absolute atomic E-state index is 0.835. The van der Waals surface area contributed by atoms with Crippen LogP contribution in [-0.2, 0) is 6.42 Å². The number of hydrogen-bond donors (Lipinski definition) is 1. The Kier molecular flexibility index (Phi) is 4.21. The second-order valence-electron chi connectivity index (χ2n) is 4.00. The Morgan fingerprint density at radius 1 is 1.06 bits per heavy atom. The van der Waals surface area contributed by atoms with E-state index in [1.807, 2.05) is 18.2 Å². The lowest BCUT2D eigenvalue weighted by Crippen LogP contribution is -1.94. The minimum atomic E-state index is 0.835. The highest BCUT2D eigenvalue weighted by atomic mass is 79.9. The van der Waals surface area contributed by atoms with Crippen LogP contribution in [0.1, 0.15) is 17.5 Å². The van der Waals surface area contributed by atoms with Gasteiger partial charge in [0.1, 0.15) is 0 Å². The maximum Gasteiger partial charge on any atom is 0.0350 e. The van der Waals surface area contributed by atoms with Gasteiger partial charge in [-0.1, -0.05) is 46.3 Å². The van der Waals surface area contributed by atoms with E-state index in [9.17, 15) is 0 Å². The fourth-order valence-electron chi connectivity index (χ4n) is 1.76. The van der Waals surface area contributed by atoms with Gasteiger partial charge >= 0.3 is 0 Å². The quantitative estimate of drug-likeness (QED) is 0.838. The number of nitrogens with two attached hydrogens (primary N) is 1. The summed E-state index contributed by atoms with van der Waals surface area (Å²) in [6.07, 6.45) is 4.24. The van der Waals surface area contributed by atoms with Crippen molar-refractivity contribution >= 4 is 21.6 Å². The Balaban J connectivity index is 1.92. The number of benzene rings is 2. The van der Waals surface area contributed by atoms with E-state index in [0.29, 0.717) is 0 Å². The van der Waals surface area contributed by atoms with Crippen molar-refractivity contribution in [2.45, 2.75) is 12.8 Å². The number of halogens is 1. The van der Waals surface area contributed by atoms with E-state index in [1.54, 1.807) is 0 Å². The van der Waals surface area contributed by atoms with Gasteiger partial charge in [-0.3, -0.25) is 0 Å². The van der Waals surface area contributed by atoms with E-state index in [-0.39, 0.29) is 0 Å². The second-order valence-corrected chi connectivity index (χ2v) is 4.92. The first-order valence-corrected chi connectivity index (χ1v) is 6.47. The van der Waals surface area contributed by atoms with Gasteiger partial charge in [0, 0.05) is 10.2 Å². The first-order valence-electron chi connectivity index (χ1n) is 5.68. The molecule has 17 heavy (non-hydrogen) atoms.